The van der Waals surface area contributed by atoms with Gasteiger partial charge in [-0.3, -0.25) is 4.79 Å². The van der Waals surface area contributed by atoms with Gasteiger partial charge in [-0.1, -0.05) is 6.07 Å². The fourth-order valence-corrected chi connectivity index (χ4v) is 2.41. The summed E-state index contributed by atoms with van der Waals surface area (Å²) in [6.45, 7) is 3.79. The molecular formula is C13H15BrFNO2. The van der Waals surface area contributed by atoms with Crippen LogP contribution in [0.25, 0.3) is 0 Å². The molecule has 0 bridgehead atoms. The number of nitrogens with zero attached hydrogens (tertiary/aromatic N) is 1. The molecule has 0 aliphatic carbocycles. The Morgan fingerprint density at radius 3 is 3.06 bits per heavy atom. The molecule has 1 saturated heterocycles. The number of amides is 1. The molecule has 1 aromatic rings. The van der Waals surface area contributed by atoms with Gasteiger partial charge in [0.05, 0.1) is 23.6 Å². The van der Waals surface area contributed by atoms with Crippen LogP contribution in [0.15, 0.2) is 22.7 Å². The fraction of sp³-hybridized carbons (Fsp3) is 0.462. The molecule has 2 rings (SSSR count). The zero-order valence-electron chi connectivity index (χ0n) is 10.2. The van der Waals surface area contributed by atoms with E-state index in [0.29, 0.717) is 30.6 Å². The molecule has 18 heavy (non-hydrogen) atoms. The van der Waals surface area contributed by atoms with Gasteiger partial charge in [0.1, 0.15) is 5.82 Å². The molecule has 1 heterocycles. The summed E-state index contributed by atoms with van der Waals surface area (Å²) in [5.41, 5.74) is 0.812. The highest BCUT2D eigenvalue weighted by atomic mass is 79.9. The number of halogens is 2. The zero-order chi connectivity index (χ0) is 13.1. The molecule has 1 aromatic carbocycles. The largest absolute Gasteiger partial charge is 0.375 e. The predicted molar refractivity (Wildman–Crippen MR) is 69.8 cm³/mol. The van der Waals surface area contributed by atoms with E-state index in [4.69, 9.17) is 4.74 Å². The highest BCUT2D eigenvalue weighted by molar-refractivity contribution is 9.10. The first-order valence-electron chi connectivity index (χ1n) is 5.89. The van der Waals surface area contributed by atoms with Crippen molar-refractivity contribution in [3.8, 4) is 0 Å². The van der Waals surface area contributed by atoms with Gasteiger partial charge in [0, 0.05) is 13.1 Å². The van der Waals surface area contributed by atoms with Gasteiger partial charge < -0.3 is 9.64 Å². The van der Waals surface area contributed by atoms with E-state index in [0.717, 1.165) is 5.56 Å². The number of hydrogen-bond donors (Lipinski definition) is 0. The Balaban J connectivity index is 2.00. The van der Waals surface area contributed by atoms with Crippen molar-refractivity contribution in [2.24, 2.45) is 0 Å². The molecule has 0 aromatic heterocycles. The molecule has 1 aliphatic rings. The molecule has 0 N–H and O–H groups in total. The van der Waals surface area contributed by atoms with Gasteiger partial charge in [-0.25, -0.2) is 4.39 Å². The highest BCUT2D eigenvalue weighted by Gasteiger charge is 2.21. The van der Waals surface area contributed by atoms with E-state index >= 15 is 0 Å². The summed E-state index contributed by atoms with van der Waals surface area (Å²) in [5.74, 6) is -0.255. The van der Waals surface area contributed by atoms with E-state index < -0.39 is 0 Å². The lowest BCUT2D eigenvalue weighted by Gasteiger charge is -2.31. The number of ether oxygens (including phenoxy) is 1. The topological polar surface area (TPSA) is 29.5 Å². The minimum atomic E-state index is -0.314. The Morgan fingerprint density at radius 1 is 1.61 bits per heavy atom. The fourth-order valence-electron chi connectivity index (χ4n) is 1.98. The minimum absolute atomic E-state index is 0.0589. The van der Waals surface area contributed by atoms with E-state index in [9.17, 15) is 9.18 Å². The molecular weight excluding hydrogens is 301 g/mol. The van der Waals surface area contributed by atoms with Crippen LogP contribution in [0.3, 0.4) is 0 Å². The predicted octanol–water partition coefficient (Wildman–Crippen LogP) is 2.38. The van der Waals surface area contributed by atoms with Gasteiger partial charge >= 0.3 is 0 Å². The minimum Gasteiger partial charge on any atom is -0.375 e. The summed E-state index contributed by atoms with van der Waals surface area (Å²) in [4.78, 5) is 13.9. The van der Waals surface area contributed by atoms with E-state index in [1.54, 1.807) is 17.0 Å². The van der Waals surface area contributed by atoms with Crippen LogP contribution in [0.1, 0.15) is 12.5 Å². The summed E-state index contributed by atoms with van der Waals surface area (Å²) in [7, 11) is 0. The van der Waals surface area contributed by atoms with Crippen molar-refractivity contribution >= 4 is 21.8 Å². The standard InChI is InChI=1S/C13H15BrFNO2/c1-9-8-16(4-5-18-9)13(17)7-10-2-3-12(15)11(14)6-10/h2-3,6,9H,4-5,7-8H2,1H3/t9-/m0/s1. The monoisotopic (exact) mass is 315 g/mol. The summed E-state index contributed by atoms with van der Waals surface area (Å²) in [6, 6.07) is 4.66. The van der Waals surface area contributed by atoms with Gasteiger partial charge in [-0.05, 0) is 40.5 Å². The molecule has 1 amide bonds. The van der Waals surface area contributed by atoms with Crippen LogP contribution in [0.5, 0.6) is 0 Å². The zero-order valence-corrected chi connectivity index (χ0v) is 11.7. The molecule has 0 saturated carbocycles. The maximum absolute atomic E-state index is 13.1. The molecule has 98 valence electrons. The number of benzene rings is 1. The Bertz CT molecular complexity index is 453. The summed E-state index contributed by atoms with van der Waals surface area (Å²) in [5, 5.41) is 0. The lowest BCUT2D eigenvalue weighted by Crippen LogP contribution is -2.45. The Hall–Kier alpha value is -0.940. The molecule has 1 atom stereocenters. The second-order valence-corrected chi connectivity index (χ2v) is 5.30. The van der Waals surface area contributed by atoms with Crippen molar-refractivity contribution in [3.05, 3.63) is 34.1 Å². The third kappa shape index (κ3) is 3.29. The quantitative estimate of drug-likeness (QED) is 0.838. The number of morpholine rings is 1. The van der Waals surface area contributed by atoms with Crippen LogP contribution in [0.4, 0.5) is 4.39 Å². The van der Waals surface area contributed by atoms with Gasteiger partial charge in [-0.15, -0.1) is 0 Å². The molecule has 0 unspecified atom stereocenters. The van der Waals surface area contributed by atoms with Crippen LogP contribution in [0.2, 0.25) is 0 Å². The van der Waals surface area contributed by atoms with Crippen LogP contribution >= 0.6 is 15.9 Å². The second-order valence-electron chi connectivity index (χ2n) is 4.45. The maximum Gasteiger partial charge on any atom is 0.227 e. The lowest BCUT2D eigenvalue weighted by molar-refractivity contribution is -0.137. The Labute approximate surface area is 114 Å². The van der Waals surface area contributed by atoms with Crippen molar-refractivity contribution in [3.63, 3.8) is 0 Å². The van der Waals surface area contributed by atoms with Gasteiger partial charge in [0.15, 0.2) is 0 Å². The average molecular weight is 316 g/mol. The van der Waals surface area contributed by atoms with Crippen molar-refractivity contribution in [2.75, 3.05) is 19.7 Å². The second kappa shape index (κ2) is 5.80. The smallest absolute Gasteiger partial charge is 0.227 e. The van der Waals surface area contributed by atoms with Crippen LogP contribution in [-0.4, -0.2) is 36.6 Å². The van der Waals surface area contributed by atoms with Gasteiger partial charge in [-0.2, -0.15) is 0 Å². The SMILES string of the molecule is C[C@H]1CN(C(=O)Cc2ccc(F)c(Br)c2)CCO1. The van der Waals surface area contributed by atoms with Crippen LogP contribution in [-0.2, 0) is 16.0 Å². The van der Waals surface area contributed by atoms with Crippen molar-refractivity contribution in [1.29, 1.82) is 0 Å². The first-order chi connectivity index (χ1) is 8.56. The maximum atomic E-state index is 13.1. The van der Waals surface area contributed by atoms with Crippen LogP contribution < -0.4 is 0 Å². The third-order valence-corrected chi connectivity index (χ3v) is 3.54. The lowest BCUT2D eigenvalue weighted by atomic mass is 10.1. The summed E-state index contributed by atoms with van der Waals surface area (Å²) in [6.07, 6.45) is 0.383. The van der Waals surface area contributed by atoms with Crippen LogP contribution in [0, 0.1) is 5.82 Å². The van der Waals surface area contributed by atoms with E-state index in [1.807, 2.05) is 6.92 Å². The molecule has 5 heteroatoms. The van der Waals surface area contributed by atoms with E-state index in [1.165, 1.54) is 6.07 Å². The van der Waals surface area contributed by atoms with Crippen molar-refractivity contribution in [1.82, 2.24) is 4.90 Å². The first kappa shape index (κ1) is 13.5. The third-order valence-electron chi connectivity index (χ3n) is 2.93. The average Bonchev–Trinajstić information content (AvgIpc) is 2.34. The molecule has 1 aliphatic heterocycles. The highest BCUT2D eigenvalue weighted by Crippen LogP contribution is 2.18. The first-order valence-corrected chi connectivity index (χ1v) is 6.69. The number of carbonyl (C=O) groups is 1. The Morgan fingerprint density at radius 2 is 2.39 bits per heavy atom. The summed E-state index contributed by atoms with van der Waals surface area (Å²) < 4.78 is 18.9. The van der Waals surface area contributed by atoms with Gasteiger partial charge in [0.25, 0.3) is 0 Å². The van der Waals surface area contributed by atoms with Crippen molar-refractivity contribution < 1.29 is 13.9 Å². The molecule has 0 spiro atoms. The summed E-state index contributed by atoms with van der Waals surface area (Å²) >= 11 is 3.12. The number of carbonyl (C=O) groups excluding carboxylic acids is 1. The molecule has 1 fully saturated rings. The number of hydrogen-bond acceptors (Lipinski definition) is 2. The molecule has 0 radical (unpaired) electrons. The number of rotatable bonds is 2. The van der Waals surface area contributed by atoms with Gasteiger partial charge in [0.2, 0.25) is 5.91 Å². The molecule has 3 nitrogen and oxygen atoms in total. The van der Waals surface area contributed by atoms with E-state index in [-0.39, 0.29) is 17.8 Å². The van der Waals surface area contributed by atoms with E-state index in [2.05, 4.69) is 15.9 Å². The normalized spacial score (nSPS) is 19.9. The Kier molecular flexibility index (Phi) is 4.35. The van der Waals surface area contributed by atoms with Crippen molar-refractivity contribution in [2.45, 2.75) is 19.4 Å².